The van der Waals surface area contributed by atoms with E-state index in [0.717, 1.165) is 34.9 Å². The van der Waals surface area contributed by atoms with Gasteiger partial charge in [-0.15, -0.1) is 11.3 Å². The molecule has 0 unspecified atom stereocenters. The van der Waals surface area contributed by atoms with Crippen molar-refractivity contribution < 1.29 is 4.79 Å². The molecule has 23 heavy (non-hydrogen) atoms. The number of nitrogens with zero attached hydrogens (tertiary/aromatic N) is 3. The Balaban J connectivity index is 1.41. The molecular formula is C17H16N4OS. The van der Waals surface area contributed by atoms with Gasteiger partial charge < -0.3 is 5.32 Å². The van der Waals surface area contributed by atoms with Crippen LogP contribution in [0.2, 0.25) is 0 Å². The van der Waals surface area contributed by atoms with Crippen LogP contribution in [0.25, 0.3) is 5.69 Å². The van der Waals surface area contributed by atoms with E-state index in [4.69, 9.17) is 0 Å². The maximum Gasteiger partial charge on any atom is 0.230 e. The maximum absolute atomic E-state index is 12.2. The zero-order valence-electron chi connectivity index (χ0n) is 12.5. The van der Waals surface area contributed by atoms with Crippen LogP contribution in [0.4, 0.5) is 5.13 Å². The van der Waals surface area contributed by atoms with Crippen LogP contribution in [0.3, 0.4) is 0 Å². The first-order valence-electron chi connectivity index (χ1n) is 7.65. The molecule has 6 heteroatoms. The minimum atomic E-state index is -0.0509. The summed E-state index contributed by atoms with van der Waals surface area (Å²) >= 11 is 1.60. The number of para-hydroxylation sites is 1. The van der Waals surface area contributed by atoms with E-state index in [9.17, 15) is 4.79 Å². The second-order valence-electron chi connectivity index (χ2n) is 5.60. The third-order valence-electron chi connectivity index (χ3n) is 3.86. The van der Waals surface area contributed by atoms with Crippen LogP contribution in [-0.2, 0) is 24.1 Å². The Bertz CT molecular complexity index is 816. The van der Waals surface area contributed by atoms with Crippen molar-refractivity contribution in [3.63, 3.8) is 0 Å². The van der Waals surface area contributed by atoms with Crippen molar-refractivity contribution in [3.8, 4) is 5.69 Å². The molecule has 1 aliphatic carbocycles. The molecule has 2 aromatic heterocycles. The molecule has 1 N–H and O–H groups in total. The monoisotopic (exact) mass is 324 g/mol. The highest BCUT2D eigenvalue weighted by molar-refractivity contribution is 7.15. The first-order valence-corrected chi connectivity index (χ1v) is 8.47. The zero-order chi connectivity index (χ0) is 15.6. The molecule has 1 aromatic carbocycles. The summed E-state index contributed by atoms with van der Waals surface area (Å²) in [4.78, 5) is 18.0. The van der Waals surface area contributed by atoms with Crippen LogP contribution in [0.15, 0.2) is 42.7 Å². The maximum atomic E-state index is 12.2. The molecule has 0 saturated carbocycles. The van der Waals surface area contributed by atoms with Gasteiger partial charge in [-0.2, -0.15) is 5.10 Å². The highest BCUT2D eigenvalue weighted by Gasteiger charge is 2.18. The van der Waals surface area contributed by atoms with Gasteiger partial charge in [0.05, 0.1) is 24.0 Å². The number of nitrogens with one attached hydrogen (secondary N) is 1. The van der Waals surface area contributed by atoms with E-state index in [1.165, 1.54) is 11.3 Å². The summed E-state index contributed by atoms with van der Waals surface area (Å²) in [5.74, 6) is -0.0509. The van der Waals surface area contributed by atoms with Gasteiger partial charge in [-0.3, -0.25) is 4.79 Å². The summed E-state index contributed by atoms with van der Waals surface area (Å²) < 4.78 is 1.78. The summed E-state index contributed by atoms with van der Waals surface area (Å²) in [7, 11) is 0. The Morgan fingerprint density at radius 2 is 2.13 bits per heavy atom. The average Bonchev–Trinajstić information content (AvgIpc) is 3.24. The fraction of sp³-hybridized carbons (Fsp3) is 0.235. The minimum Gasteiger partial charge on any atom is -0.302 e. The molecule has 1 aliphatic rings. The number of hydrogen-bond donors (Lipinski definition) is 1. The van der Waals surface area contributed by atoms with Gasteiger partial charge in [-0.05, 0) is 37.0 Å². The molecule has 2 heterocycles. The van der Waals surface area contributed by atoms with Crippen LogP contribution in [0, 0.1) is 0 Å². The molecule has 0 bridgehead atoms. The van der Waals surface area contributed by atoms with E-state index in [1.54, 1.807) is 22.2 Å². The summed E-state index contributed by atoms with van der Waals surface area (Å²) in [6.07, 6.45) is 7.22. The van der Waals surface area contributed by atoms with Crippen molar-refractivity contribution in [3.05, 3.63) is 58.9 Å². The number of aryl methyl sites for hydroxylation is 2. The Hall–Kier alpha value is -2.47. The molecule has 4 rings (SSSR count). The van der Waals surface area contributed by atoms with Gasteiger partial charge in [-0.25, -0.2) is 9.67 Å². The summed E-state index contributed by atoms with van der Waals surface area (Å²) in [5.41, 5.74) is 3.02. The number of carbonyl (C=O) groups is 1. The van der Waals surface area contributed by atoms with E-state index in [0.29, 0.717) is 6.42 Å². The molecule has 5 nitrogen and oxygen atoms in total. The molecule has 0 radical (unpaired) electrons. The average molecular weight is 324 g/mol. The Morgan fingerprint density at radius 1 is 1.26 bits per heavy atom. The van der Waals surface area contributed by atoms with Crippen LogP contribution in [0.5, 0.6) is 0 Å². The lowest BCUT2D eigenvalue weighted by Gasteiger charge is -2.00. The van der Waals surface area contributed by atoms with E-state index in [2.05, 4.69) is 15.4 Å². The molecule has 116 valence electrons. The quantitative estimate of drug-likeness (QED) is 0.802. The number of fused-ring (bicyclic) bond motifs is 1. The number of thiazole rings is 1. The smallest absolute Gasteiger partial charge is 0.230 e. The van der Waals surface area contributed by atoms with E-state index < -0.39 is 0 Å². The van der Waals surface area contributed by atoms with Gasteiger partial charge in [0.2, 0.25) is 5.91 Å². The number of hydrogen-bond acceptors (Lipinski definition) is 4. The van der Waals surface area contributed by atoms with Gasteiger partial charge in [0.15, 0.2) is 5.13 Å². The van der Waals surface area contributed by atoms with Crippen molar-refractivity contribution in [2.45, 2.75) is 25.7 Å². The molecule has 0 fully saturated rings. The molecule has 0 atom stereocenters. The van der Waals surface area contributed by atoms with Crippen LogP contribution >= 0.6 is 11.3 Å². The van der Waals surface area contributed by atoms with Gasteiger partial charge in [0.25, 0.3) is 0 Å². The van der Waals surface area contributed by atoms with Gasteiger partial charge in [-0.1, -0.05) is 18.2 Å². The highest BCUT2D eigenvalue weighted by Crippen LogP contribution is 2.30. The largest absolute Gasteiger partial charge is 0.302 e. The molecule has 0 aliphatic heterocycles. The van der Waals surface area contributed by atoms with Crippen LogP contribution in [0.1, 0.15) is 22.6 Å². The standard InChI is InChI=1S/C17H16N4OS/c22-16(20-17-19-14-7-4-8-15(14)23-17)9-12-10-18-21(11-12)13-5-2-1-3-6-13/h1-3,5-6,10-11H,4,7-9H2,(H,19,20,22). The number of rotatable bonds is 4. The molecular weight excluding hydrogens is 308 g/mol. The number of anilines is 1. The lowest BCUT2D eigenvalue weighted by Crippen LogP contribution is -2.14. The second-order valence-corrected chi connectivity index (χ2v) is 6.68. The Morgan fingerprint density at radius 3 is 2.96 bits per heavy atom. The Kier molecular flexibility index (Phi) is 3.67. The normalized spacial score (nSPS) is 13.0. The zero-order valence-corrected chi connectivity index (χ0v) is 13.3. The van der Waals surface area contributed by atoms with E-state index >= 15 is 0 Å². The van der Waals surface area contributed by atoms with Crippen molar-refractivity contribution >= 4 is 22.4 Å². The summed E-state index contributed by atoms with van der Waals surface area (Å²) in [6, 6.07) is 9.85. The lowest BCUT2D eigenvalue weighted by molar-refractivity contribution is -0.115. The summed E-state index contributed by atoms with van der Waals surface area (Å²) in [5, 5.41) is 7.93. The summed E-state index contributed by atoms with van der Waals surface area (Å²) in [6.45, 7) is 0. The van der Waals surface area contributed by atoms with E-state index in [-0.39, 0.29) is 5.91 Å². The third-order valence-corrected chi connectivity index (χ3v) is 4.94. The van der Waals surface area contributed by atoms with Gasteiger partial charge >= 0.3 is 0 Å². The van der Waals surface area contributed by atoms with Crippen molar-refractivity contribution in [1.82, 2.24) is 14.8 Å². The second kappa shape index (κ2) is 5.96. The first kappa shape index (κ1) is 14.1. The predicted molar refractivity (Wildman–Crippen MR) is 90.0 cm³/mol. The SMILES string of the molecule is O=C(Cc1cnn(-c2ccccc2)c1)Nc1nc2c(s1)CCC2. The molecule has 0 spiro atoms. The molecule has 0 saturated heterocycles. The van der Waals surface area contributed by atoms with Crippen LogP contribution in [-0.4, -0.2) is 20.7 Å². The van der Waals surface area contributed by atoms with Crippen LogP contribution < -0.4 is 5.32 Å². The highest BCUT2D eigenvalue weighted by atomic mass is 32.1. The number of benzene rings is 1. The number of carbonyl (C=O) groups excluding carboxylic acids is 1. The van der Waals surface area contributed by atoms with Gasteiger partial charge in [0, 0.05) is 11.1 Å². The number of amides is 1. The topological polar surface area (TPSA) is 59.8 Å². The third kappa shape index (κ3) is 3.03. The minimum absolute atomic E-state index is 0.0509. The van der Waals surface area contributed by atoms with Crippen molar-refractivity contribution in [1.29, 1.82) is 0 Å². The molecule has 3 aromatic rings. The first-order chi connectivity index (χ1) is 11.3. The van der Waals surface area contributed by atoms with Gasteiger partial charge in [0.1, 0.15) is 0 Å². The van der Waals surface area contributed by atoms with Crippen molar-refractivity contribution in [2.75, 3.05) is 5.32 Å². The molecule has 1 amide bonds. The number of aromatic nitrogens is 3. The lowest BCUT2D eigenvalue weighted by atomic mass is 10.2. The van der Waals surface area contributed by atoms with Crippen molar-refractivity contribution in [2.24, 2.45) is 0 Å². The fourth-order valence-electron chi connectivity index (χ4n) is 2.77. The van der Waals surface area contributed by atoms with E-state index in [1.807, 2.05) is 36.5 Å². The Labute approximate surface area is 138 Å². The predicted octanol–water partition coefficient (Wildman–Crippen LogP) is 3.00. The fourth-order valence-corrected chi connectivity index (χ4v) is 3.83.